The molecule has 23 heavy (non-hydrogen) atoms. The Hall–Kier alpha value is -2.89. The van der Waals surface area contributed by atoms with Crippen molar-refractivity contribution in [1.82, 2.24) is 9.88 Å². The van der Waals surface area contributed by atoms with Crippen LogP contribution in [0.1, 0.15) is 47.1 Å². The van der Waals surface area contributed by atoms with E-state index in [4.69, 9.17) is 5.73 Å². The highest BCUT2D eigenvalue weighted by molar-refractivity contribution is 6.23. The van der Waals surface area contributed by atoms with Gasteiger partial charge in [-0.15, -0.1) is 0 Å². The Morgan fingerprint density at radius 3 is 2.17 bits per heavy atom. The van der Waals surface area contributed by atoms with Crippen molar-refractivity contribution in [2.24, 2.45) is 0 Å². The number of anilines is 1. The zero-order valence-electron chi connectivity index (χ0n) is 13.1. The molecule has 1 aliphatic rings. The highest BCUT2D eigenvalue weighted by Crippen LogP contribution is 2.25. The summed E-state index contributed by atoms with van der Waals surface area (Å²) >= 11 is 0. The number of fused-ring (bicyclic) bond motifs is 1. The molecular formula is C17H17N3O3. The summed E-state index contributed by atoms with van der Waals surface area (Å²) in [6.45, 7) is 6.27. The lowest BCUT2D eigenvalue weighted by Crippen LogP contribution is -2.24. The van der Waals surface area contributed by atoms with Gasteiger partial charge in [-0.05, 0) is 23.1 Å². The van der Waals surface area contributed by atoms with E-state index in [9.17, 15) is 14.4 Å². The van der Waals surface area contributed by atoms with Crippen molar-refractivity contribution in [2.75, 3.05) is 5.73 Å². The Balaban J connectivity index is 2.19. The number of hydrogen-bond donors (Lipinski definition) is 2. The van der Waals surface area contributed by atoms with Crippen LogP contribution in [0.4, 0.5) is 5.82 Å². The van der Waals surface area contributed by atoms with Gasteiger partial charge in [0.25, 0.3) is 17.4 Å². The molecule has 0 fully saturated rings. The fourth-order valence-corrected chi connectivity index (χ4v) is 2.66. The second-order valence-corrected chi connectivity index (χ2v) is 6.57. The smallest absolute Gasteiger partial charge is 0.262 e. The van der Waals surface area contributed by atoms with Crippen molar-refractivity contribution >= 4 is 17.6 Å². The predicted molar refractivity (Wildman–Crippen MR) is 86.9 cm³/mol. The lowest BCUT2D eigenvalue weighted by atomic mass is 9.87. The Labute approximate surface area is 132 Å². The summed E-state index contributed by atoms with van der Waals surface area (Å²) in [6, 6.07) is 8.53. The number of benzene rings is 1. The maximum atomic E-state index is 12.3. The van der Waals surface area contributed by atoms with Crippen molar-refractivity contribution in [3.63, 3.8) is 0 Å². The molecule has 118 valence electrons. The molecular weight excluding hydrogens is 294 g/mol. The monoisotopic (exact) mass is 311 g/mol. The number of rotatable bonds is 1. The average Bonchev–Trinajstić information content (AvgIpc) is 2.73. The number of amides is 2. The van der Waals surface area contributed by atoms with Crippen molar-refractivity contribution in [2.45, 2.75) is 26.2 Å². The van der Waals surface area contributed by atoms with Gasteiger partial charge in [-0.25, -0.2) is 0 Å². The minimum atomic E-state index is -0.593. The molecule has 2 aromatic rings. The van der Waals surface area contributed by atoms with E-state index in [0.717, 1.165) is 11.6 Å². The third-order valence-corrected chi connectivity index (χ3v) is 3.94. The van der Waals surface area contributed by atoms with Crippen LogP contribution in [0.25, 0.3) is 5.69 Å². The van der Waals surface area contributed by atoms with E-state index in [1.165, 1.54) is 4.57 Å². The first-order chi connectivity index (χ1) is 10.7. The first-order valence-corrected chi connectivity index (χ1v) is 7.22. The summed E-state index contributed by atoms with van der Waals surface area (Å²) < 4.78 is 1.24. The number of carbonyl (C=O) groups is 2. The van der Waals surface area contributed by atoms with Crippen LogP contribution in [0.5, 0.6) is 0 Å². The molecule has 3 rings (SSSR count). The first-order valence-electron chi connectivity index (χ1n) is 7.22. The van der Waals surface area contributed by atoms with E-state index in [-0.39, 0.29) is 22.4 Å². The molecule has 2 amide bonds. The quantitative estimate of drug-likeness (QED) is 0.782. The van der Waals surface area contributed by atoms with Gasteiger partial charge in [0.2, 0.25) is 0 Å². The summed E-state index contributed by atoms with van der Waals surface area (Å²) in [6.07, 6.45) is 0. The normalized spacial score (nSPS) is 13.9. The number of nitrogen functional groups attached to an aromatic ring is 1. The van der Waals surface area contributed by atoms with Crippen LogP contribution >= 0.6 is 0 Å². The van der Waals surface area contributed by atoms with E-state index in [1.54, 1.807) is 12.1 Å². The standard InChI is InChI=1S/C17H17N3O3/c1-17(2,3)9-4-6-10(7-5-9)20-12(21)8-11-13(14(20)18)16(23)19-15(11)22/h4-8H,18H2,1-3H3,(H,19,22,23). The fourth-order valence-electron chi connectivity index (χ4n) is 2.66. The maximum absolute atomic E-state index is 12.3. The Bertz CT molecular complexity index is 887. The van der Waals surface area contributed by atoms with E-state index >= 15 is 0 Å². The second kappa shape index (κ2) is 4.81. The number of pyridine rings is 1. The van der Waals surface area contributed by atoms with Crippen LogP contribution in [0.2, 0.25) is 0 Å². The third kappa shape index (κ3) is 2.32. The summed E-state index contributed by atoms with van der Waals surface area (Å²) in [4.78, 5) is 35.8. The Kier molecular flexibility index (Phi) is 3.14. The van der Waals surface area contributed by atoms with E-state index < -0.39 is 17.4 Å². The highest BCUT2D eigenvalue weighted by Gasteiger charge is 2.31. The van der Waals surface area contributed by atoms with Gasteiger partial charge in [0.15, 0.2) is 0 Å². The van der Waals surface area contributed by atoms with Gasteiger partial charge >= 0.3 is 0 Å². The van der Waals surface area contributed by atoms with Crippen molar-refractivity contribution in [1.29, 1.82) is 0 Å². The molecule has 0 atom stereocenters. The van der Waals surface area contributed by atoms with Crippen molar-refractivity contribution in [3.05, 3.63) is 57.4 Å². The molecule has 0 saturated carbocycles. The van der Waals surface area contributed by atoms with Crippen LogP contribution in [0.3, 0.4) is 0 Å². The van der Waals surface area contributed by atoms with Gasteiger partial charge in [-0.3, -0.25) is 24.3 Å². The molecule has 6 heteroatoms. The van der Waals surface area contributed by atoms with E-state index in [2.05, 4.69) is 26.1 Å². The lowest BCUT2D eigenvalue weighted by Gasteiger charge is -2.20. The first kappa shape index (κ1) is 15.0. The van der Waals surface area contributed by atoms with Gasteiger partial charge in [-0.2, -0.15) is 0 Å². The molecule has 0 radical (unpaired) electrons. The molecule has 1 aromatic carbocycles. The van der Waals surface area contributed by atoms with Crippen LogP contribution in [0.15, 0.2) is 35.1 Å². The number of nitrogens with two attached hydrogens (primary N) is 1. The molecule has 0 saturated heterocycles. The lowest BCUT2D eigenvalue weighted by molar-refractivity contribution is 0.0880. The zero-order valence-corrected chi connectivity index (χ0v) is 13.1. The second-order valence-electron chi connectivity index (χ2n) is 6.57. The van der Waals surface area contributed by atoms with Crippen LogP contribution in [-0.4, -0.2) is 16.4 Å². The molecule has 1 aliphatic heterocycles. The molecule has 3 N–H and O–H groups in total. The van der Waals surface area contributed by atoms with Crippen LogP contribution in [0, 0.1) is 0 Å². The molecule has 1 aromatic heterocycles. The van der Waals surface area contributed by atoms with Crippen molar-refractivity contribution in [3.8, 4) is 5.69 Å². The molecule has 2 heterocycles. The van der Waals surface area contributed by atoms with Gasteiger partial charge in [0.05, 0.1) is 16.8 Å². The van der Waals surface area contributed by atoms with Gasteiger partial charge in [0.1, 0.15) is 5.82 Å². The minimum Gasteiger partial charge on any atom is -0.384 e. The van der Waals surface area contributed by atoms with Gasteiger partial charge in [-0.1, -0.05) is 32.9 Å². The summed E-state index contributed by atoms with van der Waals surface area (Å²) in [5, 5.41) is 2.15. The number of carbonyl (C=O) groups excluding carboxylic acids is 2. The molecule has 0 bridgehead atoms. The third-order valence-electron chi connectivity index (χ3n) is 3.94. The number of nitrogens with zero attached hydrogens (tertiary/aromatic N) is 1. The Morgan fingerprint density at radius 1 is 1.00 bits per heavy atom. The predicted octanol–water partition coefficient (Wildman–Crippen LogP) is 1.60. The Morgan fingerprint density at radius 2 is 1.61 bits per heavy atom. The topological polar surface area (TPSA) is 94.2 Å². The summed E-state index contributed by atoms with van der Waals surface area (Å²) in [5.74, 6) is -1.20. The fraction of sp³-hybridized carbons (Fsp3) is 0.235. The number of hydrogen-bond acceptors (Lipinski definition) is 4. The largest absolute Gasteiger partial charge is 0.384 e. The average molecular weight is 311 g/mol. The number of aromatic nitrogens is 1. The van der Waals surface area contributed by atoms with Crippen molar-refractivity contribution < 1.29 is 9.59 Å². The van der Waals surface area contributed by atoms with Gasteiger partial charge in [0, 0.05) is 6.07 Å². The van der Waals surface area contributed by atoms with Gasteiger partial charge < -0.3 is 5.73 Å². The van der Waals surface area contributed by atoms with Crippen LogP contribution in [-0.2, 0) is 5.41 Å². The van der Waals surface area contributed by atoms with E-state index in [0.29, 0.717) is 5.69 Å². The summed E-state index contributed by atoms with van der Waals surface area (Å²) in [5.41, 5.74) is 7.27. The van der Waals surface area contributed by atoms with E-state index in [1.807, 2.05) is 12.1 Å². The summed E-state index contributed by atoms with van der Waals surface area (Å²) in [7, 11) is 0. The minimum absolute atomic E-state index is 0.0146. The molecule has 0 unspecified atom stereocenters. The molecule has 6 nitrogen and oxygen atoms in total. The van der Waals surface area contributed by atoms with Crippen LogP contribution < -0.4 is 16.6 Å². The highest BCUT2D eigenvalue weighted by atomic mass is 16.2. The number of imide groups is 1. The maximum Gasteiger partial charge on any atom is 0.262 e. The molecule has 0 aliphatic carbocycles. The number of nitrogens with one attached hydrogen (secondary N) is 1. The molecule has 0 spiro atoms. The zero-order chi connectivity index (χ0) is 16.9. The SMILES string of the molecule is CC(C)(C)c1ccc(-n2c(N)c3c(cc2=O)C(=O)NC3=O)cc1.